The smallest absolute Gasteiger partial charge is 0.195 e. The zero-order chi connectivity index (χ0) is 13.6. The molecule has 0 radical (unpaired) electrons. The van der Waals surface area contributed by atoms with Crippen LogP contribution >= 0.6 is 15.9 Å². The molecule has 1 unspecified atom stereocenters. The fourth-order valence-electron chi connectivity index (χ4n) is 1.69. The normalized spacial score (nSPS) is 13.8. The predicted octanol–water partition coefficient (Wildman–Crippen LogP) is 2.30. The average molecular weight is 335 g/mol. The van der Waals surface area contributed by atoms with Gasteiger partial charge in [-0.3, -0.25) is 0 Å². The Labute approximate surface area is 118 Å². The van der Waals surface area contributed by atoms with Crippen LogP contribution in [0.1, 0.15) is 25.5 Å². The molecule has 1 aromatic carbocycles. The predicted molar refractivity (Wildman–Crippen MR) is 78.0 cm³/mol. The summed E-state index contributed by atoms with van der Waals surface area (Å²) in [6, 6.07) is 9.28. The number of alkyl halides is 1. The van der Waals surface area contributed by atoms with Gasteiger partial charge in [0.05, 0.1) is 6.04 Å². The maximum absolute atomic E-state index is 12.1. The second-order valence-corrected chi connectivity index (χ2v) is 6.17. The minimum atomic E-state index is -3.43. The highest BCUT2D eigenvalue weighted by molar-refractivity contribution is 9.09. The second-order valence-electron chi connectivity index (χ2n) is 3.82. The van der Waals surface area contributed by atoms with Gasteiger partial charge in [0.2, 0.25) is 0 Å². The van der Waals surface area contributed by atoms with E-state index in [4.69, 9.17) is 0 Å². The van der Waals surface area contributed by atoms with Crippen molar-refractivity contribution in [1.82, 2.24) is 9.03 Å². The van der Waals surface area contributed by atoms with E-state index >= 15 is 0 Å². The van der Waals surface area contributed by atoms with E-state index in [0.717, 1.165) is 5.56 Å². The van der Waals surface area contributed by atoms with Crippen LogP contribution in [0.4, 0.5) is 0 Å². The highest BCUT2D eigenvalue weighted by atomic mass is 79.9. The Hall–Kier alpha value is -0.430. The SMILES string of the molecule is CCN(CC)S(=O)(=O)NC(CBr)c1ccccc1. The molecule has 1 rings (SSSR count). The molecule has 0 aliphatic rings. The maximum atomic E-state index is 12.1. The van der Waals surface area contributed by atoms with Crippen molar-refractivity contribution < 1.29 is 8.42 Å². The molecule has 0 spiro atoms. The summed E-state index contributed by atoms with van der Waals surface area (Å²) in [4.78, 5) is 0. The molecule has 0 saturated carbocycles. The highest BCUT2D eigenvalue weighted by Gasteiger charge is 2.23. The first-order valence-corrected chi connectivity index (χ1v) is 8.49. The summed E-state index contributed by atoms with van der Waals surface area (Å²) in [5.74, 6) is 0. The topological polar surface area (TPSA) is 49.4 Å². The van der Waals surface area contributed by atoms with Crippen molar-refractivity contribution in [3.8, 4) is 0 Å². The van der Waals surface area contributed by atoms with Crippen molar-refractivity contribution in [2.24, 2.45) is 0 Å². The summed E-state index contributed by atoms with van der Waals surface area (Å²) >= 11 is 3.35. The lowest BCUT2D eigenvalue weighted by Crippen LogP contribution is -2.42. The molecule has 0 fully saturated rings. The van der Waals surface area contributed by atoms with Crippen LogP contribution in [0, 0.1) is 0 Å². The van der Waals surface area contributed by atoms with Crippen LogP contribution in [0.25, 0.3) is 0 Å². The fourth-order valence-corrected chi connectivity index (χ4v) is 3.85. The number of rotatable bonds is 7. The maximum Gasteiger partial charge on any atom is 0.280 e. The molecule has 0 aliphatic heterocycles. The first-order valence-electron chi connectivity index (χ1n) is 5.93. The standard InChI is InChI=1S/C12H19BrN2O2S/c1-3-15(4-2)18(16,17)14-12(10-13)11-8-6-5-7-9-11/h5-9,12,14H,3-4,10H2,1-2H3. The van der Waals surface area contributed by atoms with Crippen molar-refractivity contribution in [2.75, 3.05) is 18.4 Å². The van der Waals surface area contributed by atoms with Gasteiger partial charge in [0.1, 0.15) is 0 Å². The van der Waals surface area contributed by atoms with E-state index in [2.05, 4.69) is 20.7 Å². The van der Waals surface area contributed by atoms with Gasteiger partial charge in [0, 0.05) is 18.4 Å². The van der Waals surface area contributed by atoms with Crippen LogP contribution in [-0.2, 0) is 10.2 Å². The Kier molecular flexibility index (Phi) is 6.28. The van der Waals surface area contributed by atoms with E-state index in [1.807, 2.05) is 44.2 Å². The number of halogens is 1. The van der Waals surface area contributed by atoms with Gasteiger partial charge in [-0.2, -0.15) is 17.4 Å². The van der Waals surface area contributed by atoms with Gasteiger partial charge < -0.3 is 0 Å². The monoisotopic (exact) mass is 334 g/mol. The van der Waals surface area contributed by atoms with Gasteiger partial charge in [-0.25, -0.2) is 0 Å². The Bertz CT molecular complexity index is 446. The quantitative estimate of drug-likeness (QED) is 0.778. The molecule has 1 aromatic rings. The molecule has 6 heteroatoms. The van der Waals surface area contributed by atoms with E-state index in [1.54, 1.807) is 0 Å². The average Bonchev–Trinajstić information content (AvgIpc) is 2.38. The van der Waals surface area contributed by atoms with Crippen LogP contribution in [-0.4, -0.2) is 31.1 Å². The molecular weight excluding hydrogens is 316 g/mol. The van der Waals surface area contributed by atoms with Crippen molar-refractivity contribution in [3.05, 3.63) is 35.9 Å². The van der Waals surface area contributed by atoms with Crippen LogP contribution in [0.2, 0.25) is 0 Å². The van der Waals surface area contributed by atoms with Crippen LogP contribution < -0.4 is 4.72 Å². The minimum Gasteiger partial charge on any atom is -0.195 e. The molecule has 0 aromatic heterocycles. The molecule has 0 aliphatic carbocycles. The van der Waals surface area contributed by atoms with E-state index in [9.17, 15) is 8.42 Å². The van der Waals surface area contributed by atoms with E-state index in [-0.39, 0.29) is 6.04 Å². The largest absolute Gasteiger partial charge is 0.280 e. The van der Waals surface area contributed by atoms with Gasteiger partial charge in [-0.05, 0) is 5.56 Å². The molecule has 102 valence electrons. The summed E-state index contributed by atoms with van der Waals surface area (Å²) in [7, 11) is -3.43. The first kappa shape index (κ1) is 15.6. The van der Waals surface area contributed by atoms with Gasteiger partial charge in [-0.15, -0.1) is 0 Å². The number of benzene rings is 1. The van der Waals surface area contributed by atoms with Gasteiger partial charge in [-0.1, -0.05) is 60.1 Å². The lowest BCUT2D eigenvalue weighted by atomic mass is 10.1. The molecule has 0 amide bonds. The molecular formula is C12H19BrN2O2S. The molecule has 18 heavy (non-hydrogen) atoms. The van der Waals surface area contributed by atoms with Crippen LogP contribution in [0.3, 0.4) is 0 Å². The summed E-state index contributed by atoms with van der Waals surface area (Å²) in [6.07, 6.45) is 0. The second kappa shape index (κ2) is 7.23. The third kappa shape index (κ3) is 4.05. The van der Waals surface area contributed by atoms with Crippen molar-refractivity contribution in [1.29, 1.82) is 0 Å². The summed E-state index contributed by atoms with van der Waals surface area (Å²) in [5.41, 5.74) is 0.949. The molecule has 0 bridgehead atoms. The summed E-state index contributed by atoms with van der Waals surface area (Å²) in [6.45, 7) is 4.59. The third-order valence-electron chi connectivity index (χ3n) is 2.69. The summed E-state index contributed by atoms with van der Waals surface area (Å²) < 4.78 is 28.4. The minimum absolute atomic E-state index is 0.253. The zero-order valence-corrected chi connectivity index (χ0v) is 13.0. The van der Waals surface area contributed by atoms with Gasteiger partial charge >= 0.3 is 0 Å². The zero-order valence-electron chi connectivity index (χ0n) is 10.6. The van der Waals surface area contributed by atoms with Crippen molar-refractivity contribution in [2.45, 2.75) is 19.9 Å². The highest BCUT2D eigenvalue weighted by Crippen LogP contribution is 2.17. The van der Waals surface area contributed by atoms with Crippen molar-refractivity contribution in [3.63, 3.8) is 0 Å². The van der Waals surface area contributed by atoms with Gasteiger partial charge in [0.25, 0.3) is 10.2 Å². The van der Waals surface area contributed by atoms with Gasteiger partial charge in [0.15, 0.2) is 0 Å². The lowest BCUT2D eigenvalue weighted by Gasteiger charge is -2.23. The number of nitrogens with zero attached hydrogens (tertiary/aromatic N) is 1. The first-order chi connectivity index (χ1) is 8.55. The van der Waals surface area contributed by atoms with E-state index in [0.29, 0.717) is 18.4 Å². The molecule has 0 saturated heterocycles. The lowest BCUT2D eigenvalue weighted by molar-refractivity contribution is 0.429. The Balaban J connectivity index is 2.87. The number of nitrogens with one attached hydrogen (secondary N) is 1. The molecule has 1 atom stereocenters. The van der Waals surface area contributed by atoms with Crippen LogP contribution in [0.15, 0.2) is 30.3 Å². The summed E-state index contributed by atoms with van der Waals surface area (Å²) in [5, 5.41) is 0.539. The van der Waals surface area contributed by atoms with E-state index < -0.39 is 10.2 Å². The number of hydrogen-bond donors (Lipinski definition) is 1. The Morgan fingerprint density at radius 1 is 1.22 bits per heavy atom. The Morgan fingerprint density at radius 2 is 1.78 bits per heavy atom. The van der Waals surface area contributed by atoms with Crippen LogP contribution in [0.5, 0.6) is 0 Å². The molecule has 0 heterocycles. The van der Waals surface area contributed by atoms with Crippen molar-refractivity contribution >= 4 is 26.1 Å². The molecule has 1 N–H and O–H groups in total. The molecule has 4 nitrogen and oxygen atoms in total. The third-order valence-corrected chi connectivity index (χ3v) is 5.12. The number of hydrogen-bond acceptors (Lipinski definition) is 2. The Morgan fingerprint density at radius 3 is 2.22 bits per heavy atom. The van der Waals surface area contributed by atoms with E-state index in [1.165, 1.54) is 4.31 Å². The fraction of sp³-hybridized carbons (Fsp3) is 0.500.